The van der Waals surface area contributed by atoms with E-state index >= 15 is 0 Å². The van der Waals surface area contributed by atoms with Gasteiger partial charge in [0.15, 0.2) is 0 Å². The van der Waals surface area contributed by atoms with E-state index in [9.17, 15) is 26.4 Å². The van der Waals surface area contributed by atoms with Gasteiger partial charge < -0.3 is 0 Å². The fourth-order valence-electron chi connectivity index (χ4n) is 1.19. The van der Waals surface area contributed by atoms with Crippen LogP contribution in [0.5, 0.6) is 0 Å². The molecular weight excluding hydrogens is 295 g/mol. The maximum Gasteiger partial charge on any atom is 0.501 e. The molecule has 0 aliphatic rings. The van der Waals surface area contributed by atoms with Crippen molar-refractivity contribution in [2.75, 3.05) is 0 Å². The molecule has 0 aliphatic heterocycles. The van der Waals surface area contributed by atoms with Crippen molar-refractivity contribution >= 4 is 26.7 Å². The van der Waals surface area contributed by atoms with Crippen molar-refractivity contribution in [2.45, 2.75) is 10.4 Å². The summed E-state index contributed by atoms with van der Waals surface area (Å²) in [4.78, 5) is 9.52. The number of rotatable bonds is 2. The van der Waals surface area contributed by atoms with E-state index in [4.69, 9.17) is 16.9 Å². The molecule has 0 saturated carbocycles. The third-order valence-electron chi connectivity index (χ3n) is 1.92. The molecule has 18 heavy (non-hydrogen) atoms. The largest absolute Gasteiger partial charge is 0.501 e. The number of carbonyl (C=O) groups excluding carboxylic acids is 1. The van der Waals surface area contributed by atoms with Gasteiger partial charge in [0.1, 0.15) is 11.0 Å². The first kappa shape index (κ1) is 14.5. The number of carbonyl (C=O) groups is 1. The van der Waals surface area contributed by atoms with Crippen molar-refractivity contribution in [3.8, 4) is 6.07 Å². The Balaban J connectivity index is 3.80. The highest BCUT2D eigenvalue weighted by atomic mass is 35.5. The van der Waals surface area contributed by atoms with Gasteiger partial charge in [-0.15, -0.1) is 0 Å². The normalized spacial score (nSPS) is 11.9. The summed E-state index contributed by atoms with van der Waals surface area (Å²) in [5.74, 6) is 0. The Morgan fingerprint density at radius 3 is 2.28 bits per heavy atom. The maximum absolute atomic E-state index is 12.4. The lowest BCUT2D eigenvalue weighted by atomic mass is 10.1. The predicted octanol–water partition coefficient (Wildman–Crippen LogP) is 2.23. The molecule has 0 spiro atoms. The van der Waals surface area contributed by atoms with E-state index in [-0.39, 0.29) is 0 Å². The van der Waals surface area contributed by atoms with Gasteiger partial charge in [0.2, 0.25) is 0 Å². The number of hydrogen-bond donors (Lipinski definition) is 0. The molecule has 9 heteroatoms. The fraction of sp³-hybridized carbons (Fsp3) is 0.111. The van der Waals surface area contributed by atoms with Gasteiger partial charge in [-0.3, -0.25) is 4.79 Å². The van der Waals surface area contributed by atoms with E-state index in [2.05, 4.69) is 0 Å². The lowest BCUT2D eigenvalue weighted by Gasteiger charge is -2.11. The molecule has 0 saturated heterocycles. The minimum absolute atomic E-state index is 0.793. The van der Waals surface area contributed by atoms with Crippen LogP contribution in [0.1, 0.15) is 15.9 Å². The highest BCUT2D eigenvalue weighted by Crippen LogP contribution is 2.34. The first-order valence-electron chi connectivity index (χ1n) is 4.17. The average molecular weight is 298 g/mol. The van der Waals surface area contributed by atoms with Crippen LogP contribution in [0.15, 0.2) is 23.1 Å². The number of hydrogen-bond acceptors (Lipinski definition) is 4. The number of alkyl halides is 3. The fourth-order valence-corrected chi connectivity index (χ4v) is 2.48. The van der Waals surface area contributed by atoms with Crippen LogP contribution < -0.4 is 0 Å². The molecule has 0 aliphatic carbocycles. The Morgan fingerprint density at radius 2 is 1.89 bits per heavy atom. The molecule has 0 atom stereocenters. The van der Waals surface area contributed by atoms with Crippen molar-refractivity contribution in [3.05, 3.63) is 29.3 Å². The predicted molar refractivity (Wildman–Crippen MR) is 54.6 cm³/mol. The molecule has 1 aromatic carbocycles. The third-order valence-corrected chi connectivity index (χ3v) is 3.71. The van der Waals surface area contributed by atoms with Crippen LogP contribution in [0.4, 0.5) is 13.2 Å². The Hall–Kier alpha value is -1.59. The second-order valence-corrected chi connectivity index (χ2v) is 5.24. The lowest BCUT2D eigenvalue weighted by Crippen LogP contribution is -2.25. The molecule has 0 bridgehead atoms. The van der Waals surface area contributed by atoms with Gasteiger partial charge in [-0.05, 0) is 23.7 Å². The number of halogens is 4. The summed E-state index contributed by atoms with van der Waals surface area (Å²) in [6.45, 7) is 0. The Labute approximate surface area is 105 Å². The van der Waals surface area contributed by atoms with Crippen LogP contribution >= 0.6 is 11.6 Å². The van der Waals surface area contributed by atoms with E-state index < -0.39 is 36.6 Å². The molecule has 0 heterocycles. The van der Waals surface area contributed by atoms with Gasteiger partial charge >= 0.3 is 5.51 Å². The first-order chi connectivity index (χ1) is 8.13. The van der Waals surface area contributed by atoms with Crippen LogP contribution in [0, 0.1) is 11.3 Å². The number of sulfone groups is 1. The molecule has 0 aromatic heterocycles. The average Bonchev–Trinajstić information content (AvgIpc) is 2.26. The van der Waals surface area contributed by atoms with E-state index in [1.165, 1.54) is 6.07 Å². The van der Waals surface area contributed by atoms with Crippen molar-refractivity contribution < 1.29 is 26.4 Å². The van der Waals surface area contributed by atoms with E-state index in [0.29, 0.717) is 0 Å². The molecule has 96 valence electrons. The van der Waals surface area contributed by atoms with Crippen molar-refractivity contribution in [1.29, 1.82) is 5.26 Å². The Kier molecular flexibility index (Phi) is 3.69. The number of nitriles is 1. The number of benzene rings is 1. The topological polar surface area (TPSA) is 75.0 Å². The van der Waals surface area contributed by atoms with Gasteiger partial charge in [0, 0.05) is 0 Å². The zero-order chi connectivity index (χ0) is 14.1. The molecule has 4 nitrogen and oxygen atoms in total. The van der Waals surface area contributed by atoms with Crippen molar-refractivity contribution in [2.24, 2.45) is 0 Å². The summed E-state index contributed by atoms with van der Waals surface area (Å²) >= 11 is 5.01. The first-order valence-corrected chi connectivity index (χ1v) is 6.03. The van der Waals surface area contributed by atoms with Gasteiger partial charge in [-0.2, -0.15) is 18.4 Å². The minimum atomic E-state index is -5.82. The van der Waals surface area contributed by atoms with Gasteiger partial charge in [0.25, 0.3) is 15.1 Å². The molecule has 0 radical (unpaired) electrons. The van der Waals surface area contributed by atoms with Crippen LogP contribution in [-0.2, 0) is 9.84 Å². The maximum atomic E-state index is 12.4. The molecule has 0 N–H and O–H groups in total. The van der Waals surface area contributed by atoms with Gasteiger partial charge in [-0.1, -0.05) is 6.07 Å². The monoisotopic (exact) mass is 297 g/mol. The summed E-state index contributed by atoms with van der Waals surface area (Å²) in [7, 11) is -5.82. The Morgan fingerprint density at radius 1 is 1.33 bits per heavy atom. The Bertz CT molecular complexity index is 646. The highest BCUT2D eigenvalue weighted by molar-refractivity contribution is 7.92. The van der Waals surface area contributed by atoms with Crippen LogP contribution in [0.2, 0.25) is 0 Å². The molecule has 1 aromatic rings. The summed E-state index contributed by atoms with van der Waals surface area (Å²) in [5, 5.41) is 7.22. The highest BCUT2D eigenvalue weighted by Gasteiger charge is 2.49. The number of nitrogens with zero attached hydrogens (tertiary/aromatic N) is 1. The molecule has 0 amide bonds. The SMILES string of the molecule is N#Cc1cccc(C(=O)Cl)c1S(=O)(=O)C(F)(F)F. The minimum Gasteiger partial charge on any atom is -0.276 e. The van der Waals surface area contributed by atoms with Crippen LogP contribution in [0.3, 0.4) is 0 Å². The van der Waals surface area contributed by atoms with Crippen molar-refractivity contribution in [3.63, 3.8) is 0 Å². The second-order valence-electron chi connectivity index (χ2n) is 3.02. The summed E-state index contributed by atoms with van der Waals surface area (Å²) in [6.07, 6.45) is 0. The lowest BCUT2D eigenvalue weighted by molar-refractivity contribution is -0.0436. The quantitative estimate of drug-likeness (QED) is 0.785. The summed E-state index contributed by atoms with van der Waals surface area (Å²) < 4.78 is 59.8. The van der Waals surface area contributed by atoms with Gasteiger partial charge in [0.05, 0.1) is 11.1 Å². The zero-order valence-electron chi connectivity index (χ0n) is 8.32. The zero-order valence-corrected chi connectivity index (χ0v) is 9.90. The second kappa shape index (κ2) is 4.59. The van der Waals surface area contributed by atoms with E-state index in [0.717, 1.165) is 18.2 Å². The van der Waals surface area contributed by atoms with Crippen LogP contribution in [0.25, 0.3) is 0 Å². The molecule has 1 rings (SSSR count). The molecule has 0 fully saturated rings. The van der Waals surface area contributed by atoms with E-state index in [1.807, 2.05) is 0 Å². The third kappa shape index (κ3) is 2.32. The molecule has 0 unspecified atom stereocenters. The smallest absolute Gasteiger partial charge is 0.276 e. The van der Waals surface area contributed by atoms with Gasteiger partial charge in [-0.25, -0.2) is 8.42 Å². The summed E-state index contributed by atoms with van der Waals surface area (Å²) in [5.41, 5.74) is -7.30. The molecular formula is C9H3ClF3NO3S. The summed E-state index contributed by atoms with van der Waals surface area (Å²) in [6, 6.07) is 3.99. The van der Waals surface area contributed by atoms with Crippen LogP contribution in [-0.4, -0.2) is 19.2 Å². The standard InChI is InChI=1S/C9H3ClF3NO3S/c10-8(15)6-3-1-2-5(4-14)7(6)18(16,17)9(11,12)13/h1-3H. The van der Waals surface area contributed by atoms with Crippen molar-refractivity contribution in [1.82, 2.24) is 0 Å². The van der Waals surface area contributed by atoms with E-state index in [1.54, 1.807) is 0 Å².